The van der Waals surface area contributed by atoms with Gasteiger partial charge in [0.05, 0.1) is 5.56 Å². The smallest absolute Gasteiger partial charge is 0.330 e. The molecule has 6 heteroatoms. The van der Waals surface area contributed by atoms with Gasteiger partial charge < -0.3 is 11.5 Å². The molecular weight excluding hydrogens is 241 g/mol. The van der Waals surface area contributed by atoms with Crippen molar-refractivity contribution in [2.45, 2.75) is 18.6 Å². The molecule has 0 amide bonds. The molecule has 16 heavy (non-hydrogen) atoms. The van der Waals surface area contributed by atoms with Gasteiger partial charge in [0.15, 0.2) is 0 Å². The Kier molecular flexibility index (Phi) is 5.78. The predicted molar refractivity (Wildman–Crippen MR) is 59.3 cm³/mol. The van der Waals surface area contributed by atoms with Gasteiger partial charge in [0.25, 0.3) is 0 Å². The van der Waals surface area contributed by atoms with Gasteiger partial charge in [-0.05, 0) is 24.6 Å². The van der Waals surface area contributed by atoms with Crippen molar-refractivity contribution in [2.75, 3.05) is 6.54 Å². The van der Waals surface area contributed by atoms with E-state index in [0.717, 1.165) is 6.07 Å². The van der Waals surface area contributed by atoms with E-state index in [9.17, 15) is 13.2 Å². The van der Waals surface area contributed by atoms with Gasteiger partial charge >= 0.3 is 6.18 Å². The molecule has 0 aliphatic carbocycles. The van der Waals surface area contributed by atoms with Gasteiger partial charge in [0.1, 0.15) is 0 Å². The Morgan fingerprint density at radius 2 is 1.75 bits per heavy atom. The first kappa shape index (κ1) is 15.2. The number of benzene rings is 1. The molecule has 0 unspecified atom stereocenters. The topological polar surface area (TPSA) is 52.0 Å². The van der Waals surface area contributed by atoms with E-state index >= 15 is 0 Å². The molecule has 0 aliphatic rings. The fraction of sp³-hybridized carbons (Fsp3) is 0.400. The fourth-order valence-electron chi connectivity index (χ4n) is 1.41. The van der Waals surface area contributed by atoms with Crippen molar-refractivity contribution >= 4 is 12.4 Å². The molecule has 0 bridgehead atoms. The first-order valence-corrected chi connectivity index (χ1v) is 4.58. The van der Waals surface area contributed by atoms with Gasteiger partial charge in [0, 0.05) is 6.04 Å². The maximum absolute atomic E-state index is 12.6. The molecule has 1 aromatic carbocycles. The van der Waals surface area contributed by atoms with Crippen LogP contribution in [0.15, 0.2) is 24.3 Å². The van der Waals surface area contributed by atoms with Crippen LogP contribution < -0.4 is 11.5 Å². The second-order valence-electron chi connectivity index (χ2n) is 3.27. The molecule has 0 saturated carbocycles. The highest BCUT2D eigenvalue weighted by Gasteiger charge is 2.33. The number of halogens is 4. The van der Waals surface area contributed by atoms with Crippen LogP contribution in [0.25, 0.3) is 0 Å². The van der Waals surface area contributed by atoms with Gasteiger partial charge in [-0.3, -0.25) is 0 Å². The zero-order valence-electron chi connectivity index (χ0n) is 8.50. The van der Waals surface area contributed by atoms with Crippen molar-refractivity contribution in [1.29, 1.82) is 0 Å². The highest BCUT2D eigenvalue weighted by Crippen LogP contribution is 2.34. The van der Waals surface area contributed by atoms with Gasteiger partial charge in [0.2, 0.25) is 0 Å². The van der Waals surface area contributed by atoms with Crippen molar-refractivity contribution in [2.24, 2.45) is 11.5 Å². The molecule has 1 aromatic rings. The Balaban J connectivity index is 0.00000225. The molecule has 1 rings (SSSR count). The second kappa shape index (κ2) is 6.08. The lowest BCUT2D eigenvalue weighted by Gasteiger charge is -2.17. The summed E-state index contributed by atoms with van der Waals surface area (Å²) in [5.41, 5.74) is 10.3. The molecule has 4 N–H and O–H groups in total. The normalized spacial score (nSPS) is 13.1. The SMILES string of the molecule is Cl.NCC[C@H](N)c1ccccc1C(F)(F)F. The number of alkyl halides is 3. The van der Waals surface area contributed by atoms with Crippen LogP contribution in [0.3, 0.4) is 0 Å². The van der Waals surface area contributed by atoms with Crippen molar-refractivity contribution < 1.29 is 13.2 Å². The molecule has 0 fully saturated rings. The van der Waals surface area contributed by atoms with Crippen molar-refractivity contribution in [3.8, 4) is 0 Å². The zero-order chi connectivity index (χ0) is 11.5. The molecule has 0 heterocycles. The third-order valence-electron chi connectivity index (χ3n) is 2.14. The Hall–Kier alpha value is -0.780. The largest absolute Gasteiger partial charge is 0.416 e. The first-order chi connectivity index (χ1) is 6.96. The van der Waals surface area contributed by atoms with E-state index in [-0.39, 0.29) is 24.5 Å². The molecular formula is C10H14ClF3N2. The minimum Gasteiger partial charge on any atom is -0.330 e. The minimum absolute atomic E-state index is 0. The van der Waals surface area contributed by atoms with Gasteiger partial charge in [-0.1, -0.05) is 18.2 Å². The molecule has 0 aliphatic heterocycles. The van der Waals surface area contributed by atoms with E-state index in [4.69, 9.17) is 11.5 Å². The number of hydrogen-bond acceptors (Lipinski definition) is 2. The summed E-state index contributed by atoms with van der Waals surface area (Å²) in [5, 5.41) is 0. The standard InChI is InChI=1S/C10H13F3N2.ClH/c11-10(12,13)8-4-2-1-3-7(8)9(15)5-6-14;/h1-4,9H,5-6,14-15H2;1H/t9-;/m0./s1. The molecule has 1 atom stereocenters. The fourth-order valence-corrected chi connectivity index (χ4v) is 1.41. The summed E-state index contributed by atoms with van der Waals surface area (Å²) in [6, 6.07) is 4.66. The maximum atomic E-state index is 12.6. The van der Waals surface area contributed by atoms with Crippen molar-refractivity contribution in [3.63, 3.8) is 0 Å². The summed E-state index contributed by atoms with van der Waals surface area (Å²) in [5.74, 6) is 0. The third-order valence-corrected chi connectivity index (χ3v) is 2.14. The summed E-state index contributed by atoms with van der Waals surface area (Å²) in [7, 11) is 0. The summed E-state index contributed by atoms with van der Waals surface area (Å²) >= 11 is 0. The average Bonchev–Trinajstić information content (AvgIpc) is 2.17. The third kappa shape index (κ3) is 3.66. The van der Waals surface area contributed by atoms with Crippen LogP contribution in [0, 0.1) is 0 Å². The van der Waals surface area contributed by atoms with Crippen LogP contribution in [0.5, 0.6) is 0 Å². The van der Waals surface area contributed by atoms with Crippen LogP contribution >= 0.6 is 12.4 Å². The van der Waals surface area contributed by atoms with E-state index in [0.29, 0.717) is 6.42 Å². The maximum Gasteiger partial charge on any atom is 0.416 e. The summed E-state index contributed by atoms with van der Waals surface area (Å²) in [4.78, 5) is 0. The Bertz CT molecular complexity index is 328. The average molecular weight is 255 g/mol. The van der Waals surface area contributed by atoms with Gasteiger partial charge in [-0.25, -0.2) is 0 Å². The zero-order valence-corrected chi connectivity index (χ0v) is 9.31. The first-order valence-electron chi connectivity index (χ1n) is 4.58. The highest BCUT2D eigenvalue weighted by atomic mass is 35.5. The molecule has 92 valence electrons. The van der Waals surface area contributed by atoms with Gasteiger partial charge in [-0.2, -0.15) is 13.2 Å². The van der Waals surface area contributed by atoms with E-state index in [1.165, 1.54) is 12.1 Å². The van der Waals surface area contributed by atoms with Gasteiger partial charge in [-0.15, -0.1) is 12.4 Å². The van der Waals surface area contributed by atoms with Crippen LogP contribution in [0.1, 0.15) is 23.6 Å². The quantitative estimate of drug-likeness (QED) is 0.871. The number of hydrogen-bond donors (Lipinski definition) is 2. The highest BCUT2D eigenvalue weighted by molar-refractivity contribution is 5.85. The summed E-state index contributed by atoms with van der Waals surface area (Å²) < 4.78 is 37.7. The van der Waals surface area contributed by atoms with Crippen LogP contribution in [0.4, 0.5) is 13.2 Å². The van der Waals surface area contributed by atoms with Crippen LogP contribution in [-0.2, 0) is 6.18 Å². The molecule has 0 aromatic heterocycles. The lowest BCUT2D eigenvalue weighted by atomic mass is 9.98. The van der Waals surface area contributed by atoms with Crippen LogP contribution in [0.2, 0.25) is 0 Å². The lowest BCUT2D eigenvalue weighted by molar-refractivity contribution is -0.138. The van der Waals surface area contributed by atoms with E-state index in [1.807, 2.05) is 0 Å². The number of nitrogens with two attached hydrogens (primary N) is 2. The van der Waals surface area contributed by atoms with Crippen molar-refractivity contribution in [3.05, 3.63) is 35.4 Å². The minimum atomic E-state index is -4.36. The molecule has 0 spiro atoms. The lowest BCUT2D eigenvalue weighted by Crippen LogP contribution is -2.20. The predicted octanol–water partition coefficient (Wildman–Crippen LogP) is 2.48. The van der Waals surface area contributed by atoms with Crippen LogP contribution in [-0.4, -0.2) is 6.54 Å². The second-order valence-corrected chi connectivity index (χ2v) is 3.27. The van der Waals surface area contributed by atoms with E-state index in [1.54, 1.807) is 6.07 Å². The Labute approximate surface area is 98.2 Å². The monoisotopic (exact) mass is 254 g/mol. The Morgan fingerprint density at radius 1 is 1.19 bits per heavy atom. The number of rotatable bonds is 3. The summed E-state index contributed by atoms with van der Waals surface area (Å²) in [6.45, 7) is 0.271. The molecule has 2 nitrogen and oxygen atoms in total. The summed E-state index contributed by atoms with van der Waals surface area (Å²) in [6.07, 6.45) is -4.02. The van der Waals surface area contributed by atoms with E-state index < -0.39 is 17.8 Å². The van der Waals surface area contributed by atoms with Crippen molar-refractivity contribution in [1.82, 2.24) is 0 Å². The Morgan fingerprint density at radius 3 is 2.25 bits per heavy atom. The molecule has 0 radical (unpaired) electrons. The molecule has 0 saturated heterocycles. The van der Waals surface area contributed by atoms with E-state index in [2.05, 4.69) is 0 Å².